The standard InChI is InChI=1S/C24H19ClF3N5O3/c1-35-20-3-2-18(30-31-20)24(34)13-8-12(16(26)9-15(13)25)14-11-29-32-23-21(14)17(27)10-19(22(23)28)33-4-6-36-7-5-33/h2-3,8-11,24,34H,4-7H2,1H3/t24-/m1/s1. The van der Waals surface area contributed by atoms with Crippen molar-refractivity contribution in [2.45, 2.75) is 6.10 Å². The van der Waals surface area contributed by atoms with Crippen LogP contribution in [0, 0.1) is 17.5 Å². The fourth-order valence-corrected chi connectivity index (χ4v) is 4.38. The molecule has 1 atom stereocenters. The Labute approximate surface area is 208 Å². The normalized spacial score (nSPS) is 14.8. The third-order valence-corrected chi connectivity index (χ3v) is 6.29. The minimum absolute atomic E-state index is 0.0283. The van der Waals surface area contributed by atoms with Crippen molar-refractivity contribution in [3.05, 3.63) is 70.3 Å². The molecular formula is C24H19ClF3N5O3. The zero-order valence-corrected chi connectivity index (χ0v) is 19.6. The van der Waals surface area contributed by atoms with Crippen LogP contribution < -0.4 is 9.64 Å². The average Bonchev–Trinajstić information content (AvgIpc) is 2.90. The number of aromatic nitrogens is 4. The Bertz CT molecular complexity index is 1440. The van der Waals surface area contributed by atoms with Gasteiger partial charge in [0.15, 0.2) is 5.82 Å². The Morgan fingerprint density at radius 2 is 1.81 bits per heavy atom. The van der Waals surface area contributed by atoms with Crippen LogP contribution in [0.4, 0.5) is 18.9 Å². The van der Waals surface area contributed by atoms with E-state index in [2.05, 4.69) is 20.4 Å². The molecule has 1 N–H and O–H groups in total. The summed E-state index contributed by atoms with van der Waals surface area (Å²) in [5.74, 6) is -2.15. The summed E-state index contributed by atoms with van der Waals surface area (Å²) >= 11 is 6.22. The van der Waals surface area contributed by atoms with Crippen molar-refractivity contribution in [3.8, 4) is 17.0 Å². The van der Waals surface area contributed by atoms with Crippen LogP contribution in [-0.2, 0) is 4.74 Å². The summed E-state index contributed by atoms with van der Waals surface area (Å²) in [4.78, 5) is 1.66. The second-order valence-corrected chi connectivity index (χ2v) is 8.44. The number of nitrogens with zero attached hydrogens (tertiary/aromatic N) is 5. The highest BCUT2D eigenvalue weighted by molar-refractivity contribution is 6.31. The Balaban J connectivity index is 1.63. The van der Waals surface area contributed by atoms with Crippen molar-refractivity contribution in [1.82, 2.24) is 20.4 Å². The zero-order chi connectivity index (χ0) is 25.4. The molecule has 5 rings (SSSR count). The van der Waals surface area contributed by atoms with Crippen LogP contribution in [0.5, 0.6) is 5.88 Å². The van der Waals surface area contributed by atoms with E-state index in [0.717, 1.165) is 18.3 Å². The van der Waals surface area contributed by atoms with E-state index in [9.17, 15) is 5.11 Å². The first-order valence-corrected chi connectivity index (χ1v) is 11.3. The number of anilines is 1. The molecular weight excluding hydrogens is 499 g/mol. The molecule has 1 saturated heterocycles. The third kappa shape index (κ3) is 4.29. The largest absolute Gasteiger partial charge is 0.480 e. The van der Waals surface area contributed by atoms with E-state index in [1.165, 1.54) is 25.3 Å². The second kappa shape index (κ2) is 9.84. The van der Waals surface area contributed by atoms with Crippen LogP contribution in [0.25, 0.3) is 22.0 Å². The van der Waals surface area contributed by atoms with Gasteiger partial charge in [0.05, 0.1) is 43.3 Å². The van der Waals surface area contributed by atoms with Crippen molar-refractivity contribution < 1.29 is 27.8 Å². The number of rotatable bonds is 5. The quantitative estimate of drug-likeness (QED) is 0.423. The van der Waals surface area contributed by atoms with Crippen molar-refractivity contribution in [3.63, 3.8) is 0 Å². The van der Waals surface area contributed by atoms with E-state index in [1.807, 2.05) is 0 Å². The first-order valence-electron chi connectivity index (χ1n) is 10.9. The molecule has 4 aromatic rings. The topological polar surface area (TPSA) is 93.5 Å². The van der Waals surface area contributed by atoms with Gasteiger partial charge in [0.1, 0.15) is 23.3 Å². The molecule has 0 bridgehead atoms. The van der Waals surface area contributed by atoms with Crippen molar-refractivity contribution in [1.29, 1.82) is 0 Å². The van der Waals surface area contributed by atoms with Crippen LogP contribution in [0.1, 0.15) is 17.4 Å². The number of fused-ring (bicyclic) bond motifs is 1. The van der Waals surface area contributed by atoms with Gasteiger partial charge in [-0.05, 0) is 18.2 Å². The molecule has 0 saturated carbocycles. The van der Waals surface area contributed by atoms with Gasteiger partial charge < -0.3 is 19.5 Å². The lowest BCUT2D eigenvalue weighted by atomic mass is 9.96. The van der Waals surface area contributed by atoms with Crippen LogP contribution in [0.3, 0.4) is 0 Å². The molecule has 2 aromatic carbocycles. The smallest absolute Gasteiger partial charge is 0.233 e. The summed E-state index contributed by atoms with van der Waals surface area (Å²) in [5, 5.41) is 25.8. The number of halogens is 4. The maximum Gasteiger partial charge on any atom is 0.233 e. The van der Waals surface area contributed by atoms with Gasteiger partial charge in [-0.25, -0.2) is 13.2 Å². The summed E-state index contributed by atoms with van der Waals surface area (Å²) < 4.78 is 56.2. The van der Waals surface area contributed by atoms with E-state index in [0.29, 0.717) is 26.3 Å². The molecule has 0 amide bonds. The van der Waals surface area contributed by atoms with E-state index in [1.54, 1.807) is 4.90 Å². The van der Waals surface area contributed by atoms with Gasteiger partial charge in [-0.1, -0.05) is 11.6 Å². The molecule has 1 fully saturated rings. The number of benzene rings is 2. The highest BCUT2D eigenvalue weighted by atomic mass is 35.5. The van der Waals surface area contributed by atoms with Crippen molar-refractivity contribution >= 4 is 28.2 Å². The highest BCUT2D eigenvalue weighted by Crippen LogP contribution is 2.39. The number of aliphatic hydroxyl groups is 1. The molecule has 0 aliphatic carbocycles. The number of methoxy groups -OCH3 is 1. The number of hydrogen-bond acceptors (Lipinski definition) is 8. The van der Waals surface area contributed by atoms with Crippen molar-refractivity contribution in [2.75, 3.05) is 38.3 Å². The molecule has 0 radical (unpaired) electrons. The lowest BCUT2D eigenvalue weighted by molar-refractivity contribution is 0.122. The Hall–Kier alpha value is -3.54. The van der Waals surface area contributed by atoms with Gasteiger partial charge in [-0.15, -0.1) is 15.3 Å². The average molecular weight is 518 g/mol. The van der Waals surface area contributed by atoms with E-state index < -0.39 is 23.6 Å². The number of aliphatic hydroxyl groups excluding tert-OH is 1. The first kappa shape index (κ1) is 24.2. The first-order chi connectivity index (χ1) is 17.4. The molecule has 186 valence electrons. The Morgan fingerprint density at radius 1 is 1.03 bits per heavy atom. The van der Waals surface area contributed by atoms with Gasteiger partial charge in [0, 0.05) is 46.9 Å². The molecule has 1 aliphatic rings. The number of ether oxygens (including phenoxy) is 2. The molecule has 2 aromatic heterocycles. The summed E-state index contributed by atoms with van der Waals surface area (Å²) in [7, 11) is 1.42. The van der Waals surface area contributed by atoms with Gasteiger partial charge in [0.2, 0.25) is 5.88 Å². The fourth-order valence-electron chi connectivity index (χ4n) is 4.12. The summed E-state index contributed by atoms with van der Waals surface area (Å²) in [5.41, 5.74) is -0.295. The SMILES string of the molecule is COc1ccc([C@H](O)c2cc(-c3cnnc4c(F)c(N5CCOCC5)cc(F)c34)c(F)cc2Cl)nn1. The maximum atomic E-state index is 15.5. The summed E-state index contributed by atoms with van der Waals surface area (Å²) in [6.07, 6.45) is -0.250. The predicted molar refractivity (Wildman–Crippen MR) is 126 cm³/mol. The predicted octanol–water partition coefficient (Wildman–Crippen LogP) is 4.08. The van der Waals surface area contributed by atoms with Gasteiger partial charge in [-0.3, -0.25) is 0 Å². The van der Waals surface area contributed by atoms with Crippen LogP contribution in [0.15, 0.2) is 36.5 Å². The van der Waals surface area contributed by atoms with E-state index in [-0.39, 0.29) is 49.9 Å². The lowest BCUT2D eigenvalue weighted by Gasteiger charge is -2.29. The third-order valence-electron chi connectivity index (χ3n) is 5.96. The fraction of sp³-hybridized carbons (Fsp3) is 0.250. The summed E-state index contributed by atoms with van der Waals surface area (Å²) in [6, 6.07) is 6.26. The van der Waals surface area contributed by atoms with Crippen LogP contribution >= 0.6 is 11.6 Å². The van der Waals surface area contributed by atoms with Crippen LogP contribution in [-0.4, -0.2) is 58.9 Å². The second-order valence-electron chi connectivity index (χ2n) is 8.03. The zero-order valence-electron chi connectivity index (χ0n) is 18.9. The van der Waals surface area contributed by atoms with E-state index in [4.69, 9.17) is 21.1 Å². The van der Waals surface area contributed by atoms with Crippen LogP contribution in [0.2, 0.25) is 5.02 Å². The van der Waals surface area contributed by atoms with Crippen molar-refractivity contribution in [2.24, 2.45) is 0 Å². The number of morpholine rings is 1. The molecule has 0 unspecified atom stereocenters. The monoisotopic (exact) mass is 517 g/mol. The van der Waals surface area contributed by atoms with Gasteiger partial charge in [-0.2, -0.15) is 5.10 Å². The summed E-state index contributed by atoms with van der Waals surface area (Å²) in [6.45, 7) is 1.53. The Kier molecular flexibility index (Phi) is 6.61. The molecule has 12 heteroatoms. The van der Waals surface area contributed by atoms with E-state index >= 15 is 13.2 Å². The molecule has 3 heterocycles. The molecule has 36 heavy (non-hydrogen) atoms. The van der Waals surface area contributed by atoms with Gasteiger partial charge >= 0.3 is 0 Å². The minimum Gasteiger partial charge on any atom is -0.480 e. The lowest BCUT2D eigenvalue weighted by Crippen LogP contribution is -2.36. The van der Waals surface area contributed by atoms with Gasteiger partial charge in [0.25, 0.3) is 0 Å². The molecule has 1 aliphatic heterocycles. The highest BCUT2D eigenvalue weighted by Gasteiger charge is 2.25. The molecule has 0 spiro atoms. The minimum atomic E-state index is -1.38. The maximum absolute atomic E-state index is 15.5. The molecule has 8 nitrogen and oxygen atoms in total. The Morgan fingerprint density at radius 3 is 2.50 bits per heavy atom. The number of hydrogen-bond donors (Lipinski definition) is 1.